The highest BCUT2D eigenvalue weighted by Crippen LogP contribution is 2.31. The minimum atomic E-state index is -0.690. The Balaban J connectivity index is 1.89. The van der Waals surface area contributed by atoms with Gasteiger partial charge >= 0.3 is 0 Å². The van der Waals surface area contributed by atoms with Crippen LogP contribution in [0.5, 0.6) is 0 Å². The molecule has 1 aliphatic heterocycles. The predicted molar refractivity (Wildman–Crippen MR) is 94.3 cm³/mol. The van der Waals surface area contributed by atoms with Gasteiger partial charge in [-0.25, -0.2) is 0 Å². The fourth-order valence-corrected chi connectivity index (χ4v) is 4.87. The summed E-state index contributed by atoms with van der Waals surface area (Å²) in [6.45, 7) is 9.97. The number of thioether (sulfide) groups is 1. The second kappa shape index (κ2) is 8.05. The fourth-order valence-electron chi connectivity index (χ4n) is 3.58. The average Bonchev–Trinajstić information content (AvgIpc) is 2.99. The number of hydrogen-bond acceptors (Lipinski definition) is 3. The van der Waals surface area contributed by atoms with E-state index in [1.54, 1.807) is 0 Å². The van der Waals surface area contributed by atoms with Crippen LogP contribution < -0.4 is 0 Å². The van der Waals surface area contributed by atoms with E-state index < -0.39 is 5.60 Å². The van der Waals surface area contributed by atoms with Crippen LogP contribution in [0, 0.1) is 5.92 Å². The van der Waals surface area contributed by atoms with Crippen LogP contribution in [-0.2, 0) is 9.53 Å². The summed E-state index contributed by atoms with van der Waals surface area (Å²) in [6, 6.07) is 0. The first-order chi connectivity index (χ1) is 10.4. The van der Waals surface area contributed by atoms with Crippen molar-refractivity contribution < 1.29 is 9.53 Å². The van der Waals surface area contributed by atoms with Crippen LogP contribution in [-0.4, -0.2) is 46.6 Å². The Kier molecular flexibility index (Phi) is 6.63. The Labute approximate surface area is 140 Å². The lowest BCUT2D eigenvalue weighted by Gasteiger charge is -2.37. The second-order valence-corrected chi connectivity index (χ2v) is 8.90. The molecule has 0 aromatic rings. The standard InChI is InChI=1S/C18H33NO2S/c1-5-19(13-16-7-6-12-22-16)17(20)18(3,4)21-15-10-8-14(2)9-11-15/h14-16H,5-13H2,1-4H3. The molecule has 1 amide bonds. The lowest BCUT2D eigenvalue weighted by atomic mass is 9.88. The highest BCUT2D eigenvalue weighted by Gasteiger charge is 2.36. The number of ether oxygens (including phenoxy) is 1. The average molecular weight is 328 g/mol. The highest BCUT2D eigenvalue weighted by molar-refractivity contribution is 8.00. The molecule has 22 heavy (non-hydrogen) atoms. The maximum absolute atomic E-state index is 12.9. The number of amides is 1. The summed E-state index contributed by atoms with van der Waals surface area (Å²) in [6.07, 6.45) is 7.45. The molecule has 0 aromatic heterocycles. The van der Waals surface area contributed by atoms with Crippen LogP contribution in [0.15, 0.2) is 0 Å². The first-order valence-corrected chi connectivity index (χ1v) is 10.1. The Hall–Kier alpha value is -0.220. The van der Waals surface area contributed by atoms with E-state index in [2.05, 4.69) is 13.8 Å². The van der Waals surface area contributed by atoms with Gasteiger partial charge in [0.15, 0.2) is 0 Å². The summed E-state index contributed by atoms with van der Waals surface area (Å²) >= 11 is 2.02. The van der Waals surface area contributed by atoms with Gasteiger partial charge in [0.25, 0.3) is 5.91 Å². The van der Waals surface area contributed by atoms with Crippen LogP contribution in [0.3, 0.4) is 0 Å². The third kappa shape index (κ3) is 4.89. The molecule has 3 nitrogen and oxygen atoms in total. The molecule has 2 rings (SSSR count). The summed E-state index contributed by atoms with van der Waals surface area (Å²) in [7, 11) is 0. The fraction of sp³-hybridized carbons (Fsp3) is 0.944. The zero-order chi connectivity index (χ0) is 16.2. The largest absolute Gasteiger partial charge is 0.363 e. The molecule has 0 aromatic carbocycles. The quantitative estimate of drug-likeness (QED) is 0.735. The number of hydrogen-bond donors (Lipinski definition) is 0. The van der Waals surface area contributed by atoms with Gasteiger partial charge in [-0.2, -0.15) is 11.8 Å². The van der Waals surface area contributed by atoms with E-state index in [0.717, 1.165) is 31.8 Å². The third-order valence-electron chi connectivity index (χ3n) is 5.06. The molecule has 1 saturated heterocycles. The van der Waals surface area contributed by atoms with E-state index in [-0.39, 0.29) is 12.0 Å². The van der Waals surface area contributed by atoms with Crippen molar-refractivity contribution >= 4 is 17.7 Å². The first kappa shape index (κ1) is 18.1. The van der Waals surface area contributed by atoms with Gasteiger partial charge in [-0.1, -0.05) is 6.92 Å². The number of rotatable bonds is 6. The van der Waals surface area contributed by atoms with Crippen molar-refractivity contribution in [1.82, 2.24) is 4.90 Å². The van der Waals surface area contributed by atoms with Gasteiger partial charge < -0.3 is 9.64 Å². The molecule has 0 bridgehead atoms. The summed E-state index contributed by atoms with van der Waals surface area (Å²) < 4.78 is 6.24. The number of carbonyl (C=O) groups excluding carboxylic acids is 1. The number of nitrogens with zero attached hydrogens (tertiary/aromatic N) is 1. The van der Waals surface area contributed by atoms with Crippen LogP contribution >= 0.6 is 11.8 Å². The van der Waals surface area contributed by atoms with E-state index >= 15 is 0 Å². The molecule has 2 fully saturated rings. The van der Waals surface area contributed by atoms with Gasteiger partial charge in [-0.05, 0) is 71.0 Å². The molecule has 2 aliphatic rings. The third-order valence-corrected chi connectivity index (χ3v) is 6.44. The van der Waals surface area contributed by atoms with E-state index in [9.17, 15) is 4.79 Å². The van der Waals surface area contributed by atoms with Crippen LogP contribution in [0.2, 0.25) is 0 Å². The normalized spacial score (nSPS) is 29.5. The Bertz CT molecular complexity index is 358. The lowest BCUT2D eigenvalue weighted by Crippen LogP contribution is -2.50. The zero-order valence-electron chi connectivity index (χ0n) is 14.8. The van der Waals surface area contributed by atoms with Crippen molar-refractivity contribution in [3.8, 4) is 0 Å². The van der Waals surface area contributed by atoms with Crippen molar-refractivity contribution in [2.24, 2.45) is 5.92 Å². The molecule has 128 valence electrons. The van der Waals surface area contributed by atoms with Crippen molar-refractivity contribution in [2.45, 2.75) is 83.2 Å². The van der Waals surface area contributed by atoms with Gasteiger partial charge in [0.1, 0.15) is 5.60 Å². The van der Waals surface area contributed by atoms with E-state index in [1.807, 2.05) is 30.5 Å². The van der Waals surface area contributed by atoms with E-state index in [0.29, 0.717) is 5.25 Å². The highest BCUT2D eigenvalue weighted by atomic mass is 32.2. The van der Waals surface area contributed by atoms with Crippen LogP contribution in [0.1, 0.15) is 66.2 Å². The Morgan fingerprint density at radius 2 is 1.91 bits per heavy atom. The summed E-state index contributed by atoms with van der Waals surface area (Å²) in [5.41, 5.74) is -0.690. The van der Waals surface area contributed by atoms with Gasteiger partial charge in [0.2, 0.25) is 0 Å². The van der Waals surface area contributed by atoms with Crippen molar-refractivity contribution in [1.29, 1.82) is 0 Å². The van der Waals surface area contributed by atoms with Crippen LogP contribution in [0.4, 0.5) is 0 Å². The molecule has 1 saturated carbocycles. The number of carbonyl (C=O) groups is 1. The van der Waals surface area contributed by atoms with Crippen molar-refractivity contribution in [3.63, 3.8) is 0 Å². The molecule has 1 heterocycles. The smallest absolute Gasteiger partial charge is 0.254 e. The van der Waals surface area contributed by atoms with E-state index in [4.69, 9.17) is 4.74 Å². The predicted octanol–water partition coefficient (Wildman–Crippen LogP) is 4.10. The van der Waals surface area contributed by atoms with Crippen molar-refractivity contribution in [3.05, 3.63) is 0 Å². The second-order valence-electron chi connectivity index (χ2n) is 7.49. The molecule has 0 spiro atoms. The maximum atomic E-state index is 12.9. The minimum Gasteiger partial charge on any atom is -0.363 e. The number of likely N-dealkylation sites (N-methyl/N-ethyl adjacent to an activating group) is 1. The van der Waals surface area contributed by atoms with Gasteiger partial charge in [0.05, 0.1) is 6.10 Å². The summed E-state index contributed by atoms with van der Waals surface area (Å²) in [4.78, 5) is 14.9. The van der Waals surface area contributed by atoms with Crippen molar-refractivity contribution in [2.75, 3.05) is 18.8 Å². The Morgan fingerprint density at radius 3 is 2.45 bits per heavy atom. The zero-order valence-corrected chi connectivity index (χ0v) is 15.6. The SMILES string of the molecule is CCN(CC1CCCS1)C(=O)C(C)(C)OC1CCC(C)CC1. The first-order valence-electron chi connectivity index (χ1n) is 9.01. The molecule has 0 radical (unpaired) electrons. The Morgan fingerprint density at radius 1 is 1.23 bits per heavy atom. The molecule has 1 aliphatic carbocycles. The summed E-state index contributed by atoms with van der Waals surface area (Å²) in [5.74, 6) is 2.22. The molecular formula is C18H33NO2S. The van der Waals surface area contributed by atoms with E-state index in [1.165, 1.54) is 31.4 Å². The van der Waals surface area contributed by atoms with Gasteiger partial charge in [-0.3, -0.25) is 4.79 Å². The molecule has 4 heteroatoms. The lowest BCUT2D eigenvalue weighted by molar-refractivity contribution is -0.163. The van der Waals surface area contributed by atoms with Gasteiger partial charge in [0, 0.05) is 18.3 Å². The van der Waals surface area contributed by atoms with Crippen LogP contribution in [0.25, 0.3) is 0 Å². The maximum Gasteiger partial charge on any atom is 0.254 e. The summed E-state index contributed by atoms with van der Waals surface area (Å²) in [5, 5.41) is 0.621. The molecule has 1 atom stereocenters. The van der Waals surface area contributed by atoms with Gasteiger partial charge in [-0.15, -0.1) is 0 Å². The minimum absolute atomic E-state index is 0.168. The monoisotopic (exact) mass is 327 g/mol. The molecule has 1 unspecified atom stereocenters. The molecular weight excluding hydrogens is 294 g/mol. The topological polar surface area (TPSA) is 29.5 Å². The molecule has 0 N–H and O–H groups in total.